The van der Waals surface area contributed by atoms with Crippen molar-refractivity contribution in [2.75, 3.05) is 20.1 Å². The lowest BCUT2D eigenvalue weighted by molar-refractivity contribution is -0.132. The summed E-state index contributed by atoms with van der Waals surface area (Å²) in [7, 11) is 1.98. The van der Waals surface area contributed by atoms with E-state index in [4.69, 9.17) is 0 Å². The molecule has 1 saturated heterocycles. The molecule has 1 atom stereocenters. The van der Waals surface area contributed by atoms with Crippen LogP contribution in [0.25, 0.3) is 0 Å². The van der Waals surface area contributed by atoms with Crippen LogP contribution in [0.1, 0.15) is 30.4 Å². The number of nitrogens with zero attached hydrogens (tertiary/aromatic N) is 1. The predicted molar refractivity (Wildman–Crippen MR) is 85.4 cm³/mol. The molecule has 20 heavy (non-hydrogen) atoms. The molecule has 1 aliphatic heterocycles. The number of hydrogen-bond donors (Lipinski definition) is 1. The van der Waals surface area contributed by atoms with E-state index in [1.165, 1.54) is 17.5 Å². The van der Waals surface area contributed by atoms with Gasteiger partial charge in [0.15, 0.2) is 0 Å². The monoisotopic (exact) mass is 296 g/mol. The average molecular weight is 297 g/mol. The SMILES string of the molecule is CNC1CCCN(C(=O)CCc2ccccc2C)C1.Cl. The molecule has 0 aromatic heterocycles. The van der Waals surface area contributed by atoms with Crippen LogP contribution in [0.5, 0.6) is 0 Å². The zero-order valence-electron chi connectivity index (χ0n) is 12.4. The van der Waals surface area contributed by atoms with E-state index in [-0.39, 0.29) is 12.4 Å². The van der Waals surface area contributed by atoms with E-state index in [0.717, 1.165) is 25.9 Å². The fourth-order valence-electron chi connectivity index (χ4n) is 2.73. The van der Waals surface area contributed by atoms with Crippen molar-refractivity contribution in [1.29, 1.82) is 0 Å². The van der Waals surface area contributed by atoms with E-state index in [1.807, 2.05) is 24.1 Å². The smallest absolute Gasteiger partial charge is 0.222 e. The van der Waals surface area contributed by atoms with Gasteiger partial charge in [0.05, 0.1) is 0 Å². The molecule has 2 rings (SSSR count). The number of likely N-dealkylation sites (N-methyl/N-ethyl adjacent to an activating group) is 1. The number of aryl methyl sites for hydroxylation is 2. The molecule has 112 valence electrons. The summed E-state index contributed by atoms with van der Waals surface area (Å²) in [4.78, 5) is 14.3. The fourth-order valence-corrected chi connectivity index (χ4v) is 2.73. The zero-order valence-corrected chi connectivity index (χ0v) is 13.2. The molecule has 1 unspecified atom stereocenters. The molecule has 3 nitrogen and oxygen atoms in total. The standard InChI is InChI=1S/C16H24N2O.ClH/c1-13-6-3-4-7-14(13)9-10-16(19)18-11-5-8-15(12-18)17-2;/h3-4,6-7,15,17H,5,8-12H2,1-2H3;1H. The number of benzene rings is 1. The number of rotatable bonds is 4. The summed E-state index contributed by atoms with van der Waals surface area (Å²) in [6.07, 6.45) is 3.77. The zero-order chi connectivity index (χ0) is 13.7. The third kappa shape index (κ3) is 4.50. The van der Waals surface area contributed by atoms with Crippen molar-refractivity contribution < 1.29 is 4.79 Å². The molecule has 0 bridgehead atoms. The molecular weight excluding hydrogens is 272 g/mol. The maximum Gasteiger partial charge on any atom is 0.222 e. The minimum atomic E-state index is 0. The van der Waals surface area contributed by atoms with E-state index < -0.39 is 0 Å². The third-order valence-corrected chi connectivity index (χ3v) is 4.05. The summed E-state index contributed by atoms with van der Waals surface area (Å²) in [5.74, 6) is 0.295. The van der Waals surface area contributed by atoms with Gasteiger partial charge >= 0.3 is 0 Å². The summed E-state index contributed by atoms with van der Waals surface area (Å²) in [6, 6.07) is 8.79. The summed E-state index contributed by atoms with van der Waals surface area (Å²) < 4.78 is 0. The quantitative estimate of drug-likeness (QED) is 0.926. The van der Waals surface area contributed by atoms with Gasteiger partial charge in [-0.3, -0.25) is 4.79 Å². The largest absolute Gasteiger partial charge is 0.341 e. The fraction of sp³-hybridized carbons (Fsp3) is 0.562. The molecule has 1 aromatic carbocycles. The van der Waals surface area contributed by atoms with Gasteiger partial charge in [0, 0.05) is 25.6 Å². The second-order valence-corrected chi connectivity index (χ2v) is 5.39. The lowest BCUT2D eigenvalue weighted by atomic mass is 10.0. The Bertz CT molecular complexity index is 436. The van der Waals surface area contributed by atoms with Crippen molar-refractivity contribution in [3.8, 4) is 0 Å². The van der Waals surface area contributed by atoms with E-state index in [0.29, 0.717) is 18.4 Å². The van der Waals surface area contributed by atoms with Gasteiger partial charge in [0.2, 0.25) is 5.91 Å². The Balaban J connectivity index is 0.00000200. The van der Waals surface area contributed by atoms with Crippen LogP contribution < -0.4 is 5.32 Å². The van der Waals surface area contributed by atoms with Crippen molar-refractivity contribution in [2.45, 2.75) is 38.6 Å². The molecule has 1 aromatic rings. The van der Waals surface area contributed by atoms with Crippen molar-refractivity contribution in [2.24, 2.45) is 0 Å². The topological polar surface area (TPSA) is 32.3 Å². The first-order chi connectivity index (χ1) is 9.20. The van der Waals surface area contributed by atoms with Crippen LogP contribution in [0.3, 0.4) is 0 Å². The van der Waals surface area contributed by atoms with E-state index in [2.05, 4.69) is 24.4 Å². The van der Waals surface area contributed by atoms with Gasteiger partial charge in [-0.25, -0.2) is 0 Å². The number of carbonyl (C=O) groups is 1. The molecule has 1 fully saturated rings. The summed E-state index contributed by atoms with van der Waals surface area (Å²) in [5, 5.41) is 3.28. The lowest BCUT2D eigenvalue weighted by Crippen LogP contribution is -2.47. The number of piperidine rings is 1. The van der Waals surface area contributed by atoms with Crippen LogP contribution in [0.15, 0.2) is 24.3 Å². The number of nitrogens with one attached hydrogen (secondary N) is 1. The lowest BCUT2D eigenvalue weighted by Gasteiger charge is -2.32. The molecular formula is C16H25ClN2O. The number of amides is 1. The minimum absolute atomic E-state index is 0. The van der Waals surface area contributed by atoms with Crippen LogP contribution in [-0.2, 0) is 11.2 Å². The van der Waals surface area contributed by atoms with E-state index >= 15 is 0 Å². The Kier molecular flexibility index (Phi) is 7.03. The molecule has 1 amide bonds. The first kappa shape index (κ1) is 17.0. The Morgan fingerprint density at radius 1 is 1.40 bits per heavy atom. The average Bonchev–Trinajstić information content (AvgIpc) is 2.46. The van der Waals surface area contributed by atoms with Crippen LogP contribution in [0.2, 0.25) is 0 Å². The van der Waals surface area contributed by atoms with Crippen LogP contribution >= 0.6 is 12.4 Å². The van der Waals surface area contributed by atoms with Crippen molar-refractivity contribution in [3.63, 3.8) is 0 Å². The van der Waals surface area contributed by atoms with Gasteiger partial charge < -0.3 is 10.2 Å². The normalized spacial score (nSPS) is 18.5. The number of carbonyl (C=O) groups excluding carboxylic acids is 1. The second-order valence-electron chi connectivity index (χ2n) is 5.39. The van der Waals surface area contributed by atoms with Crippen molar-refractivity contribution in [3.05, 3.63) is 35.4 Å². The van der Waals surface area contributed by atoms with Crippen LogP contribution in [0, 0.1) is 6.92 Å². The van der Waals surface area contributed by atoms with Crippen molar-refractivity contribution >= 4 is 18.3 Å². The van der Waals surface area contributed by atoms with Gasteiger partial charge in [-0.1, -0.05) is 24.3 Å². The first-order valence-electron chi connectivity index (χ1n) is 7.20. The summed E-state index contributed by atoms with van der Waals surface area (Å²) >= 11 is 0. The van der Waals surface area contributed by atoms with E-state index in [9.17, 15) is 4.79 Å². The van der Waals surface area contributed by atoms with Gasteiger partial charge in [0.1, 0.15) is 0 Å². The predicted octanol–water partition coefficient (Wildman–Crippen LogP) is 2.56. The molecule has 1 aliphatic rings. The number of hydrogen-bond acceptors (Lipinski definition) is 2. The Morgan fingerprint density at radius 2 is 2.15 bits per heavy atom. The van der Waals surface area contributed by atoms with Crippen LogP contribution in [0.4, 0.5) is 0 Å². The number of likely N-dealkylation sites (tertiary alicyclic amines) is 1. The van der Waals surface area contributed by atoms with Gasteiger partial charge in [0.25, 0.3) is 0 Å². The summed E-state index contributed by atoms with van der Waals surface area (Å²) in [6.45, 7) is 3.89. The third-order valence-electron chi connectivity index (χ3n) is 4.05. The molecule has 0 aliphatic carbocycles. The highest BCUT2D eigenvalue weighted by Gasteiger charge is 2.22. The van der Waals surface area contributed by atoms with Gasteiger partial charge in [-0.15, -0.1) is 12.4 Å². The molecule has 1 N–H and O–H groups in total. The molecule has 0 saturated carbocycles. The Morgan fingerprint density at radius 3 is 2.85 bits per heavy atom. The molecule has 4 heteroatoms. The Labute approximate surface area is 128 Å². The molecule has 0 radical (unpaired) electrons. The van der Waals surface area contributed by atoms with Crippen molar-refractivity contribution in [1.82, 2.24) is 10.2 Å². The summed E-state index contributed by atoms with van der Waals surface area (Å²) in [5.41, 5.74) is 2.57. The number of halogens is 1. The highest BCUT2D eigenvalue weighted by Crippen LogP contribution is 2.14. The van der Waals surface area contributed by atoms with Crippen LogP contribution in [-0.4, -0.2) is 37.0 Å². The first-order valence-corrected chi connectivity index (χ1v) is 7.20. The molecule has 1 heterocycles. The highest BCUT2D eigenvalue weighted by molar-refractivity contribution is 5.85. The molecule has 0 spiro atoms. The highest BCUT2D eigenvalue weighted by atomic mass is 35.5. The van der Waals surface area contributed by atoms with Gasteiger partial charge in [-0.05, 0) is 44.4 Å². The minimum Gasteiger partial charge on any atom is -0.341 e. The second kappa shape index (κ2) is 8.28. The maximum atomic E-state index is 12.2. The Hall–Kier alpha value is -1.06. The maximum absolute atomic E-state index is 12.2. The van der Waals surface area contributed by atoms with E-state index in [1.54, 1.807) is 0 Å². The van der Waals surface area contributed by atoms with Gasteiger partial charge in [-0.2, -0.15) is 0 Å².